The Bertz CT molecular complexity index is 1800. The lowest BCUT2D eigenvalue weighted by Crippen LogP contribution is -2.54. The highest BCUT2D eigenvalue weighted by molar-refractivity contribution is 9.10. The maximum atomic E-state index is 14.5. The molecule has 0 aromatic heterocycles. The zero-order valence-electron chi connectivity index (χ0n) is 25.8. The van der Waals surface area contributed by atoms with Crippen molar-refractivity contribution in [3.05, 3.63) is 88.8 Å². The molecule has 5 rings (SSSR count). The monoisotopic (exact) mass is 745 g/mol. The smallest absolute Gasteiger partial charge is 0.345 e. The summed E-state index contributed by atoms with van der Waals surface area (Å²) in [5.41, 5.74) is 1.51. The summed E-state index contributed by atoms with van der Waals surface area (Å²) >= 11 is 6.30. The third kappa shape index (κ3) is 5.19. The fourth-order valence-electron chi connectivity index (χ4n) is 5.59. The van der Waals surface area contributed by atoms with Gasteiger partial charge in [0.15, 0.2) is 0 Å². The molecule has 2 aromatic rings. The van der Waals surface area contributed by atoms with Gasteiger partial charge >= 0.3 is 23.9 Å². The standard InChI is InChI=1S/C32H28BrNO9S3/c1-15-10-8-9-11-17(15)26(35)34-19-13-12-16(33)14-18(19)20-25(31(34,2)3)44-22(28(37)41-5)21(27(36)40-4)32(20)45-23(29(38)42-6)24(46-32)30(39)43-7/h8-14H,1-7H3. The minimum absolute atomic E-state index is 0.113. The van der Waals surface area contributed by atoms with E-state index in [4.69, 9.17) is 18.9 Å². The van der Waals surface area contributed by atoms with E-state index in [9.17, 15) is 24.0 Å². The predicted molar refractivity (Wildman–Crippen MR) is 181 cm³/mol. The number of benzene rings is 2. The number of anilines is 1. The number of thioether (sulfide) groups is 3. The van der Waals surface area contributed by atoms with Crippen LogP contribution in [0.5, 0.6) is 0 Å². The Kier molecular flexibility index (Phi) is 9.30. The van der Waals surface area contributed by atoms with E-state index >= 15 is 0 Å². The summed E-state index contributed by atoms with van der Waals surface area (Å²) in [5.74, 6) is -3.66. The number of rotatable bonds is 5. The van der Waals surface area contributed by atoms with Crippen molar-refractivity contribution in [3.8, 4) is 0 Å². The molecular weight excluding hydrogens is 718 g/mol. The van der Waals surface area contributed by atoms with E-state index in [2.05, 4.69) is 15.9 Å². The van der Waals surface area contributed by atoms with Gasteiger partial charge < -0.3 is 18.9 Å². The summed E-state index contributed by atoms with van der Waals surface area (Å²) in [6.45, 7) is 5.52. The molecule has 14 heteroatoms. The first-order valence-electron chi connectivity index (χ1n) is 13.6. The number of halogens is 1. The van der Waals surface area contributed by atoms with Gasteiger partial charge in [0.1, 0.15) is 18.8 Å². The van der Waals surface area contributed by atoms with E-state index in [0.29, 0.717) is 31.8 Å². The van der Waals surface area contributed by atoms with E-state index in [1.165, 1.54) is 28.4 Å². The van der Waals surface area contributed by atoms with Crippen LogP contribution in [0, 0.1) is 6.92 Å². The van der Waals surface area contributed by atoms with E-state index < -0.39 is 33.5 Å². The maximum Gasteiger partial charge on any atom is 0.345 e. The molecular formula is C32H28BrNO9S3. The molecule has 1 spiro atoms. The Morgan fingerprint density at radius 3 is 1.85 bits per heavy atom. The molecule has 0 aliphatic carbocycles. The number of esters is 4. The number of hydrogen-bond donors (Lipinski definition) is 0. The van der Waals surface area contributed by atoms with Crippen molar-refractivity contribution in [2.45, 2.75) is 30.4 Å². The second-order valence-corrected chi connectivity index (χ2v) is 15.3. The molecule has 3 heterocycles. The number of carbonyl (C=O) groups excluding carboxylic acids is 5. The quantitative estimate of drug-likeness (QED) is 0.264. The van der Waals surface area contributed by atoms with Gasteiger partial charge in [-0.25, -0.2) is 19.2 Å². The van der Waals surface area contributed by atoms with Crippen molar-refractivity contribution in [1.29, 1.82) is 0 Å². The lowest BCUT2D eigenvalue weighted by molar-refractivity contribution is -0.138. The van der Waals surface area contributed by atoms with Crippen LogP contribution < -0.4 is 4.90 Å². The van der Waals surface area contributed by atoms with Crippen LogP contribution in [0.25, 0.3) is 5.57 Å². The van der Waals surface area contributed by atoms with Gasteiger partial charge in [0.05, 0.1) is 45.2 Å². The zero-order valence-corrected chi connectivity index (χ0v) is 29.8. The Morgan fingerprint density at radius 1 is 0.761 bits per heavy atom. The summed E-state index contributed by atoms with van der Waals surface area (Å²) in [7, 11) is 4.69. The van der Waals surface area contributed by atoms with Crippen LogP contribution in [0.1, 0.15) is 35.3 Å². The predicted octanol–water partition coefficient (Wildman–Crippen LogP) is 5.99. The van der Waals surface area contributed by atoms with Crippen molar-refractivity contribution in [1.82, 2.24) is 0 Å². The average molecular weight is 747 g/mol. The number of hydrogen-bond acceptors (Lipinski definition) is 12. The molecule has 0 radical (unpaired) electrons. The average Bonchev–Trinajstić information content (AvgIpc) is 3.43. The number of amides is 1. The molecule has 2 aromatic carbocycles. The van der Waals surface area contributed by atoms with Gasteiger partial charge in [0, 0.05) is 26.1 Å². The molecule has 10 nitrogen and oxygen atoms in total. The molecule has 0 bridgehead atoms. The summed E-state index contributed by atoms with van der Waals surface area (Å²) < 4.78 is 19.5. The largest absolute Gasteiger partial charge is 0.466 e. The van der Waals surface area contributed by atoms with Crippen LogP contribution in [0.4, 0.5) is 5.69 Å². The summed E-state index contributed by atoms with van der Waals surface area (Å²) in [6, 6.07) is 12.6. The third-order valence-electron chi connectivity index (χ3n) is 7.68. The SMILES string of the molecule is COC(=O)C1=C(C(=O)OC)SC2(S1)C(C(=O)OC)=C(C(=O)OC)SC1=C2c2cc(Br)ccc2N(C(=O)c2ccccc2C)C1(C)C. The lowest BCUT2D eigenvalue weighted by atomic mass is 9.83. The second-order valence-electron chi connectivity index (χ2n) is 10.6. The molecule has 0 atom stereocenters. The lowest BCUT2D eigenvalue weighted by Gasteiger charge is -2.50. The van der Waals surface area contributed by atoms with Crippen LogP contribution in [0.2, 0.25) is 0 Å². The Hall–Kier alpha value is -3.46. The highest BCUT2D eigenvalue weighted by Crippen LogP contribution is 2.71. The fraction of sp³-hybridized carbons (Fsp3) is 0.281. The van der Waals surface area contributed by atoms with Gasteiger partial charge in [0.25, 0.3) is 5.91 Å². The molecule has 240 valence electrons. The van der Waals surface area contributed by atoms with Crippen molar-refractivity contribution in [2.75, 3.05) is 33.3 Å². The molecule has 0 fully saturated rings. The van der Waals surface area contributed by atoms with Crippen LogP contribution in [-0.4, -0.2) is 67.8 Å². The first-order chi connectivity index (χ1) is 21.8. The second kappa shape index (κ2) is 12.6. The number of nitrogens with zero attached hydrogens (tertiary/aromatic N) is 1. The molecule has 3 aliphatic heterocycles. The topological polar surface area (TPSA) is 126 Å². The number of fused-ring (bicyclic) bond motifs is 3. The van der Waals surface area contributed by atoms with Gasteiger partial charge in [0.2, 0.25) is 0 Å². The van der Waals surface area contributed by atoms with Gasteiger partial charge in [-0.3, -0.25) is 9.69 Å². The van der Waals surface area contributed by atoms with Gasteiger partial charge in [-0.15, -0.1) is 0 Å². The highest BCUT2D eigenvalue weighted by atomic mass is 79.9. The Labute approximate surface area is 286 Å². The molecule has 0 N–H and O–H groups in total. The molecule has 0 saturated carbocycles. The van der Waals surface area contributed by atoms with Crippen LogP contribution in [0.3, 0.4) is 0 Å². The van der Waals surface area contributed by atoms with Crippen molar-refractivity contribution >= 4 is 92.3 Å². The minimum atomic E-state index is -1.66. The summed E-state index contributed by atoms with van der Waals surface area (Å²) in [6.07, 6.45) is 0. The van der Waals surface area contributed by atoms with Crippen LogP contribution in [0.15, 0.2) is 72.1 Å². The van der Waals surface area contributed by atoms with Crippen molar-refractivity contribution in [2.24, 2.45) is 0 Å². The molecule has 1 amide bonds. The normalized spacial score (nSPS) is 17.8. The minimum Gasteiger partial charge on any atom is -0.466 e. The van der Waals surface area contributed by atoms with Crippen LogP contribution >= 0.6 is 51.2 Å². The van der Waals surface area contributed by atoms with E-state index in [-0.39, 0.29) is 26.2 Å². The summed E-state index contributed by atoms with van der Waals surface area (Å²) in [4.78, 5) is 70.0. The van der Waals surface area contributed by atoms with E-state index in [1.807, 2.05) is 32.9 Å². The number of aryl methyl sites for hydroxylation is 1. The molecule has 0 saturated heterocycles. The number of carbonyl (C=O) groups is 5. The highest BCUT2D eigenvalue weighted by Gasteiger charge is 2.61. The summed E-state index contributed by atoms with van der Waals surface area (Å²) in [5, 5.41) is 0. The van der Waals surface area contributed by atoms with E-state index in [1.54, 1.807) is 35.2 Å². The van der Waals surface area contributed by atoms with Crippen LogP contribution in [-0.2, 0) is 38.1 Å². The fourth-order valence-corrected chi connectivity index (χ4v) is 11.0. The van der Waals surface area contributed by atoms with Gasteiger partial charge in [-0.05, 0) is 50.6 Å². The zero-order chi connectivity index (χ0) is 33.7. The van der Waals surface area contributed by atoms with E-state index in [0.717, 1.165) is 40.8 Å². The number of methoxy groups -OCH3 is 4. The first kappa shape index (κ1) is 33.9. The third-order valence-corrected chi connectivity index (χ3v) is 12.8. The van der Waals surface area contributed by atoms with Crippen molar-refractivity contribution in [3.63, 3.8) is 0 Å². The first-order valence-corrected chi connectivity index (χ1v) is 16.9. The Morgan fingerprint density at radius 2 is 1.30 bits per heavy atom. The number of ether oxygens (including phenoxy) is 4. The molecule has 3 aliphatic rings. The Balaban J connectivity index is 1.90. The maximum absolute atomic E-state index is 14.5. The van der Waals surface area contributed by atoms with Gasteiger partial charge in [-0.1, -0.05) is 69.4 Å². The van der Waals surface area contributed by atoms with Gasteiger partial charge in [-0.2, -0.15) is 0 Å². The van der Waals surface area contributed by atoms with Crippen molar-refractivity contribution < 1.29 is 42.9 Å². The molecule has 0 unspecified atom stereocenters. The molecule has 46 heavy (non-hydrogen) atoms.